The highest BCUT2D eigenvalue weighted by atomic mass is 15.2. The minimum Gasteiger partial charge on any atom is -0.351 e. The highest BCUT2D eigenvalue weighted by Crippen LogP contribution is 2.27. The lowest BCUT2D eigenvalue weighted by molar-refractivity contribution is 0.348. The monoisotopic (exact) mass is 360 g/mol. The number of nitrogens with zero attached hydrogens (tertiary/aromatic N) is 4. The molecule has 138 valence electrons. The number of hydrogen-bond donors (Lipinski definition) is 2. The van der Waals surface area contributed by atoms with Crippen molar-refractivity contribution in [1.82, 2.24) is 19.9 Å². The molecule has 1 saturated carbocycles. The normalized spacial score (nSPS) is 19.4. The lowest BCUT2D eigenvalue weighted by atomic mass is 9.86. The quantitative estimate of drug-likeness (QED) is 0.689. The Bertz CT molecular complexity index is 868. The van der Waals surface area contributed by atoms with E-state index in [2.05, 4.69) is 37.5 Å². The summed E-state index contributed by atoms with van der Waals surface area (Å²) in [5.74, 6) is 2.43. The molecule has 0 radical (unpaired) electrons. The molecule has 4 rings (SSSR count). The average molecular weight is 360 g/mol. The Balaban J connectivity index is 1.65. The van der Waals surface area contributed by atoms with E-state index in [9.17, 15) is 0 Å². The highest BCUT2D eigenvalue weighted by molar-refractivity contribution is 5.60. The van der Waals surface area contributed by atoms with Crippen LogP contribution < -0.4 is 10.6 Å². The molecule has 1 fully saturated rings. The first-order valence-corrected chi connectivity index (χ1v) is 9.53. The largest absolute Gasteiger partial charge is 0.351 e. The molecule has 6 heteroatoms. The van der Waals surface area contributed by atoms with Crippen molar-refractivity contribution >= 4 is 17.6 Å². The second-order valence-electron chi connectivity index (χ2n) is 7.05. The maximum absolute atomic E-state index is 4.69. The predicted molar refractivity (Wildman–Crippen MR) is 108 cm³/mol. The van der Waals surface area contributed by atoms with Crippen LogP contribution in [0.3, 0.4) is 0 Å². The molecule has 0 bridgehead atoms. The van der Waals surface area contributed by atoms with Crippen LogP contribution in [0.25, 0.3) is 11.4 Å². The van der Waals surface area contributed by atoms with Gasteiger partial charge in [-0.3, -0.25) is 4.98 Å². The number of nitrogens with one attached hydrogen (secondary N) is 2. The van der Waals surface area contributed by atoms with Gasteiger partial charge in [0.15, 0.2) is 5.82 Å². The van der Waals surface area contributed by atoms with Gasteiger partial charge >= 0.3 is 0 Å². The van der Waals surface area contributed by atoms with Gasteiger partial charge < -0.3 is 10.6 Å². The van der Waals surface area contributed by atoms with Crippen molar-refractivity contribution in [3.8, 4) is 11.4 Å². The van der Waals surface area contributed by atoms with Crippen LogP contribution in [0.4, 0.5) is 17.6 Å². The molecule has 0 spiro atoms. The lowest BCUT2D eigenvalue weighted by Gasteiger charge is -2.29. The van der Waals surface area contributed by atoms with Crippen LogP contribution in [0.15, 0.2) is 54.9 Å². The molecule has 3 aromatic rings. The van der Waals surface area contributed by atoms with E-state index >= 15 is 0 Å². The number of pyridine rings is 1. The fraction of sp³-hybridized carbons (Fsp3) is 0.333. The SMILES string of the molecule is C[C@@H]1CCCC[C@H]1Nc1nc(Nc2ccncc2)nc(-c2ccccc2)n1. The number of anilines is 3. The smallest absolute Gasteiger partial charge is 0.232 e. The molecule has 1 aliphatic rings. The van der Waals surface area contributed by atoms with E-state index in [1.165, 1.54) is 19.3 Å². The Morgan fingerprint density at radius 2 is 1.59 bits per heavy atom. The third kappa shape index (κ3) is 4.39. The van der Waals surface area contributed by atoms with Crippen molar-refractivity contribution in [2.75, 3.05) is 10.6 Å². The molecular formula is C21H24N6. The topological polar surface area (TPSA) is 75.6 Å². The predicted octanol–water partition coefficient (Wildman–Crippen LogP) is 4.67. The van der Waals surface area contributed by atoms with Gasteiger partial charge in [0.1, 0.15) is 0 Å². The van der Waals surface area contributed by atoms with Gasteiger partial charge in [0.2, 0.25) is 11.9 Å². The molecule has 2 heterocycles. The first-order chi connectivity index (χ1) is 13.3. The Morgan fingerprint density at radius 1 is 0.852 bits per heavy atom. The average Bonchev–Trinajstić information content (AvgIpc) is 2.71. The fourth-order valence-electron chi connectivity index (χ4n) is 3.47. The van der Waals surface area contributed by atoms with Gasteiger partial charge in [0, 0.05) is 29.7 Å². The molecule has 1 aromatic carbocycles. The summed E-state index contributed by atoms with van der Waals surface area (Å²) in [6.45, 7) is 2.30. The zero-order chi connectivity index (χ0) is 18.5. The van der Waals surface area contributed by atoms with Crippen molar-refractivity contribution in [3.63, 3.8) is 0 Å². The molecule has 2 aromatic heterocycles. The molecule has 2 atom stereocenters. The molecule has 2 N–H and O–H groups in total. The summed E-state index contributed by atoms with van der Waals surface area (Å²) in [5.41, 5.74) is 1.87. The van der Waals surface area contributed by atoms with Crippen LogP contribution in [0.5, 0.6) is 0 Å². The third-order valence-electron chi connectivity index (χ3n) is 5.03. The number of hydrogen-bond acceptors (Lipinski definition) is 6. The van der Waals surface area contributed by atoms with Gasteiger partial charge in [0.25, 0.3) is 0 Å². The standard InChI is InChI=1S/C21H24N6/c1-15-7-5-6-10-18(15)24-21-26-19(16-8-3-2-4-9-16)25-20(27-21)23-17-11-13-22-14-12-17/h2-4,8-9,11-15,18H,5-7,10H2,1H3,(H2,22,23,24,25,26,27)/t15-,18-/m1/s1. The molecule has 0 saturated heterocycles. The summed E-state index contributed by atoms with van der Waals surface area (Å²) in [4.78, 5) is 18.0. The van der Waals surface area contributed by atoms with Gasteiger partial charge in [-0.25, -0.2) is 0 Å². The minimum atomic E-state index is 0.401. The van der Waals surface area contributed by atoms with Crippen molar-refractivity contribution in [2.24, 2.45) is 5.92 Å². The van der Waals surface area contributed by atoms with Crippen LogP contribution >= 0.6 is 0 Å². The van der Waals surface area contributed by atoms with E-state index in [0.29, 0.717) is 29.7 Å². The minimum absolute atomic E-state index is 0.401. The number of rotatable bonds is 5. The summed E-state index contributed by atoms with van der Waals surface area (Å²) in [6, 6.07) is 14.2. The molecule has 27 heavy (non-hydrogen) atoms. The lowest BCUT2D eigenvalue weighted by Crippen LogP contribution is -2.31. The van der Waals surface area contributed by atoms with Crippen molar-refractivity contribution in [2.45, 2.75) is 38.6 Å². The number of aromatic nitrogens is 4. The first kappa shape index (κ1) is 17.4. The van der Waals surface area contributed by atoms with Crippen LogP contribution in [-0.4, -0.2) is 26.0 Å². The van der Waals surface area contributed by atoms with Gasteiger partial charge in [-0.1, -0.05) is 50.1 Å². The van der Waals surface area contributed by atoms with Crippen LogP contribution in [0.1, 0.15) is 32.6 Å². The van der Waals surface area contributed by atoms with E-state index in [1.807, 2.05) is 42.5 Å². The molecular weight excluding hydrogens is 336 g/mol. The Hall–Kier alpha value is -3.02. The second kappa shape index (κ2) is 8.12. The van der Waals surface area contributed by atoms with Gasteiger partial charge in [-0.2, -0.15) is 15.0 Å². The molecule has 1 aliphatic carbocycles. The van der Waals surface area contributed by atoms with E-state index in [-0.39, 0.29) is 0 Å². The van der Waals surface area contributed by atoms with Gasteiger partial charge in [-0.05, 0) is 30.9 Å². The van der Waals surface area contributed by atoms with E-state index in [1.54, 1.807) is 12.4 Å². The highest BCUT2D eigenvalue weighted by Gasteiger charge is 2.22. The van der Waals surface area contributed by atoms with Crippen LogP contribution in [0, 0.1) is 5.92 Å². The summed E-state index contributed by atoms with van der Waals surface area (Å²) < 4.78 is 0. The summed E-state index contributed by atoms with van der Waals surface area (Å²) in [6.07, 6.45) is 8.44. The van der Waals surface area contributed by atoms with Crippen molar-refractivity contribution < 1.29 is 0 Å². The van der Waals surface area contributed by atoms with Gasteiger partial charge in [0.05, 0.1) is 0 Å². The second-order valence-corrected chi connectivity index (χ2v) is 7.05. The summed E-state index contributed by atoms with van der Waals surface area (Å²) >= 11 is 0. The number of benzene rings is 1. The molecule has 6 nitrogen and oxygen atoms in total. The van der Waals surface area contributed by atoms with Crippen LogP contribution in [0.2, 0.25) is 0 Å². The Kier molecular flexibility index (Phi) is 5.23. The third-order valence-corrected chi connectivity index (χ3v) is 5.03. The Labute approximate surface area is 159 Å². The summed E-state index contributed by atoms with van der Waals surface area (Å²) in [7, 11) is 0. The zero-order valence-electron chi connectivity index (χ0n) is 15.5. The molecule has 0 unspecified atom stereocenters. The maximum atomic E-state index is 4.69. The molecule has 0 aliphatic heterocycles. The first-order valence-electron chi connectivity index (χ1n) is 9.53. The van der Waals surface area contributed by atoms with Gasteiger partial charge in [-0.15, -0.1) is 0 Å². The van der Waals surface area contributed by atoms with E-state index in [4.69, 9.17) is 0 Å². The van der Waals surface area contributed by atoms with E-state index in [0.717, 1.165) is 17.7 Å². The summed E-state index contributed by atoms with van der Waals surface area (Å²) in [5, 5.41) is 6.81. The van der Waals surface area contributed by atoms with Crippen molar-refractivity contribution in [3.05, 3.63) is 54.9 Å². The zero-order valence-corrected chi connectivity index (χ0v) is 15.5. The van der Waals surface area contributed by atoms with E-state index < -0.39 is 0 Å². The van der Waals surface area contributed by atoms with Crippen LogP contribution in [-0.2, 0) is 0 Å². The fourth-order valence-corrected chi connectivity index (χ4v) is 3.47. The Morgan fingerprint density at radius 3 is 2.37 bits per heavy atom. The molecule has 0 amide bonds. The van der Waals surface area contributed by atoms with Crippen molar-refractivity contribution in [1.29, 1.82) is 0 Å². The maximum Gasteiger partial charge on any atom is 0.232 e.